The highest BCUT2D eigenvalue weighted by molar-refractivity contribution is 5.78. The van der Waals surface area contributed by atoms with Crippen LogP contribution in [0.25, 0.3) is 0 Å². The minimum atomic E-state index is -2.31. The van der Waals surface area contributed by atoms with Crippen LogP contribution in [0.1, 0.15) is 76.5 Å². The fourth-order valence-corrected chi connectivity index (χ4v) is 1.83. The molecule has 1 heteroatoms. The number of unbranched alkanes of at least 4 members (excludes halogenated alkanes) is 4. The maximum Gasteiger partial charge on any atom is 0.132 e. The van der Waals surface area contributed by atoms with Crippen LogP contribution in [0.4, 0.5) is 0 Å². The van der Waals surface area contributed by atoms with Crippen molar-refractivity contribution in [2.24, 2.45) is 5.92 Å². The van der Waals surface area contributed by atoms with Crippen LogP contribution in [0.3, 0.4) is 0 Å². The number of hydrogen-bond donors (Lipinski definition) is 0. The quantitative estimate of drug-likeness (QED) is 0.590. The average Bonchev–Trinajstić information content (AvgIpc) is 2.30. The van der Waals surface area contributed by atoms with Gasteiger partial charge in [0, 0.05) is 18.3 Å². The lowest BCUT2D eigenvalue weighted by Crippen LogP contribution is -2.13. The summed E-state index contributed by atoms with van der Waals surface area (Å²) in [6.07, 6.45) is 2.64. The molecule has 0 aromatic heterocycles. The Morgan fingerprint density at radius 2 is 2.14 bits per heavy atom. The molecule has 1 aliphatic carbocycles. The van der Waals surface area contributed by atoms with Crippen molar-refractivity contribution in [1.29, 1.82) is 0 Å². The van der Waals surface area contributed by atoms with Gasteiger partial charge >= 0.3 is 0 Å². The average molecular weight is 200 g/mol. The molecule has 82 valence electrons. The third kappa shape index (κ3) is 4.78. The van der Waals surface area contributed by atoms with Crippen molar-refractivity contribution in [3.05, 3.63) is 0 Å². The number of Topliss-reactive ketones (excluding diaryl/α,β-unsaturated/α-hetero) is 1. The summed E-state index contributed by atoms with van der Waals surface area (Å²) in [6, 6.07) is 0. The molecular formula is C13H24O. The first-order valence-electron chi connectivity index (χ1n) is 7.87. The van der Waals surface area contributed by atoms with Gasteiger partial charge in [-0.1, -0.05) is 45.4 Å². The van der Waals surface area contributed by atoms with Crippen molar-refractivity contribution in [1.82, 2.24) is 0 Å². The van der Waals surface area contributed by atoms with E-state index in [9.17, 15) is 4.79 Å². The molecule has 1 aliphatic rings. The van der Waals surface area contributed by atoms with Crippen LogP contribution in [0.15, 0.2) is 0 Å². The third-order valence-electron chi connectivity index (χ3n) is 2.79. The van der Waals surface area contributed by atoms with Gasteiger partial charge in [0.05, 0.1) is 0 Å². The van der Waals surface area contributed by atoms with E-state index >= 15 is 0 Å². The zero-order chi connectivity index (χ0) is 13.8. The van der Waals surface area contributed by atoms with Crippen LogP contribution in [0.2, 0.25) is 0 Å². The Kier molecular flexibility index (Phi) is 3.53. The largest absolute Gasteiger partial charge is 0.300 e. The topological polar surface area (TPSA) is 17.1 Å². The highest BCUT2D eigenvalue weighted by atomic mass is 16.1. The van der Waals surface area contributed by atoms with Gasteiger partial charge in [-0.3, -0.25) is 4.79 Å². The Balaban J connectivity index is 2.48. The minimum absolute atomic E-state index is 0.187. The molecule has 0 amide bonds. The summed E-state index contributed by atoms with van der Waals surface area (Å²) in [7, 11) is 0. The summed E-state index contributed by atoms with van der Waals surface area (Å²) in [6.45, 7) is 2.15. The van der Waals surface area contributed by atoms with E-state index in [2.05, 4.69) is 6.92 Å². The first kappa shape index (κ1) is 7.03. The van der Waals surface area contributed by atoms with Crippen LogP contribution in [-0.4, -0.2) is 5.78 Å². The molecule has 0 spiro atoms. The van der Waals surface area contributed by atoms with Crippen molar-refractivity contribution < 1.29 is 10.3 Å². The first-order chi connectivity index (χ1) is 8.34. The summed E-state index contributed by atoms with van der Waals surface area (Å²) >= 11 is 0. The van der Waals surface area contributed by atoms with Crippen LogP contribution in [-0.2, 0) is 4.79 Å². The summed E-state index contributed by atoms with van der Waals surface area (Å²) in [5.41, 5.74) is 0. The molecule has 0 heterocycles. The van der Waals surface area contributed by atoms with E-state index in [1.54, 1.807) is 0 Å². The maximum absolute atomic E-state index is 11.5. The van der Waals surface area contributed by atoms with E-state index in [0.717, 1.165) is 19.3 Å². The Morgan fingerprint density at radius 3 is 2.93 bits per heavy atom. The normalized spacial score (nSPS) is 34.1. The highest BCUT2D eigenvalue weighted by Gasteiger charge is 2.17. The fraction of sp³-hybridized carbons (Fsp3) is 0.923. The zero-order valence-electron chi connectivity index (χ0n) is 13.1. The molecule has 1 rings (SSSR count). The van der Waals surface area contributed by atoms with Crippen molar-refractivity contribution in [3.8, 4) is 0 Å². The molecule has 0 aromatic rings. The lowest BCUT2D eigenvalue weighted by Gasteiger charge is -2.20. The maximum atomic E-state index is 11.5. The second kappa shape index (κ2) is 7.03. The Hall–Kier alpha value is -0.330. The number of hydrogen-bond acceptors (Lipinski definition) is 1. The van der Waals surface area contributed by atoms with E-state index in [1.807, 2.05) is 0 Å². The number of ketones is 1. The standard InChI is InChI=1S/C13H24O/c1-2-3-4-5-6-7-12-8-10-13(14)11-9-12/h12H,2-11H2,1H3/i8D2,10D2. The van der Waals surface area contributed by atoms with E-state index in [-0.39, 0.29) is 12.3 Å². The molecule has 0 aliphatic heterocycles. The van der Waals surface area contributed by atoms with E-state index < -0.39 is 18.5 Å². The Bertz CT molecular complexity index is 289. The van der Waals surface area contributed by atoms with Gasteiger partial charge in [0.1, 0.15) is 5.78 Å². The second-order valence-electron chi connectivity index (χ2n) is 4.13. The van der Waals surface area contributed by atoms with Crippen molar-refractivity contribution in [2.45, 2.75) is 71.0 Å². The van der Waals surface area contributed by atoms with Gasteiger partial charge in [-0.2, -0.15) is 0 Å². The Morgan fingerprint density at radius 1 is 1.36 bits per heavy atom. The van der Waals surface area contributed by atoms with Crippen molar-refractivity contribution >= 4 is 5.78 Å². The third-order valence-corrected chi connectivity index (χ3v) is 2.79. The first-order valence-corrected chi connectivity index (χ1v) is 5.87. The van der Waals surface area contributed by atoms with E-state index in [4.69, 9.17) is 5.48 Å². The monoisotopic (exact) mass is 200 g/mol. The molecule has 0 aromatic carbocycles. The second-order valence-corrected chi connectivity index (χ2v) is 4.13. The summed E-state index contributed by atoms with van der Waals surface area (Å²) in [5.74, 6) is -0.887. The van der Waals surface area contributed by atoms with Crippen molar-refractivity contribution in [2.75, 3.05) is 0 Å². The molecule has 1 atom stereocenters. The van der Waals surface area contributed by atoms with Gasteiger partial charge in [-0.05, 0) is 18.7 Å². The molecule has 14 heavy (non-hydrogen) atoms. The SMILES string of the molecule is [2H]C1([2H])C(=O)CCC(CCCCCCC)C1([2H])[2H]. The molecule has 0 saturated heterocycles. The molecule has 1 nitrogen and oxygen atoms in total. The minimum Gasteiger partial charge on any atom is -0.300 e. The molecule has 0 radical (unpaired) electrons. The lowest BCUT2D eigenvalue weighted by molar-refractivity contribution is -0.121. The molecule has 1 fully saturated rings. The van der Waals surface area contributed by atoms with E-state index in [0.29, 0.717) is 12.8 Å². The van der Waals surface area contributed by atoms with E-state index in [1.165, 1.54) is 12.8 Å². The van der Waals surface area contributed by atoms with Crippen LogP contribution >= 0.6 is 0 Å². The predicted octanol–water partition coefficient (Wildman–Crippen LogP) is 4.11. The highest BCUT2D eigenvalue weighted by Crippen LogP contribution is 2.26. The number of rotatable bonds is 6. The molecule has 1 saturated carbocycles. The summed E-state index contributed by atoms with van der Waals surface area (Å²) in [5, 5.41) is 0. The predicted molar refractivity (Wildman–Crippen MR) is 60.3 cm³/mol. The van der Waals surface area contributed by atoms with Gasteiger partial charge in [-0.15, -0.1) is 0 Å². The number of carbonyl (C=O) groups excluding carboxylic acids is 1. The number of carbonyl (C=O) groups is 1. The summed E-state index contributed by atoms with van der Waals surface area (Å²) < 4.78 is 31.1. The lowest BCUT2D eigenvalue weighted by atomic mass is 9.85. The molecule has 1 unspecified atom stereocenters. The molecular weight excluding hydrogens is 172 g/mol. The van der Waals surface area contributed by atoms with Crippen LogP contribution in [0, 0.1) is 5.92 Å². The van der Waals surface area contributed by atoms with Crippen molar-refractivity contribution in [3.63, 3.8) is 0 Å². The van der Waals surface area contributed by atoms with Crippen LogP contribution < -0.4 is 0 Å². The van der Waals surface area contributed by atoms with Gasteiger partial charge < -0.3 is 0 Å². The van der Waals surface area contributed by atoms with Gasteiger partial charge in [0.25, 0.3) is 0 Å². The summed E-state index contributed by atoms with van der Waals surface area (Å²) in [4.78, 5) is 11.5. The zero-order valence-corrected chi connectivity index (χ0v) is 9.14. The molecule has 0 N–H and O–H groups in total. The van der Waals surface area contributed by atoms with Gasteiger partial charge in [-0.25, -0.2) is 0 Å². The van der Waals surface area contributed by atoms with Gasteiger partial charge in [0.15, 0.2) is 0 Å². The van der Waals surface area contributed by atoms with Crippen LogP contribution in [0.5, 0.6) is 0 Å². The molecule has 0 bridgehead atoms. The van der Waals surface area contributed by atoms with Gasteiger partial charge in [0.2, 0.25) is 0 Å². The fourth-order valence-electron chi connectivity index (χ4n) is 1.83. The smallest absolute Gasteiger partial charge is 0.132 e. The Labute approximate surface area is 93.9 Å².